The molecule has 114 valence electrons. The first kappa shape index (κ1) is 14.1. The van der Waals surface area contributed by atoms with Crippen LogP contribution in [0.1, 0.15) is 10.6 Å². The zero-order valence-corrected chi connectivity index (χ0v) is 13.2. The van der Waals surface area contributed by atoms with Gasteiger partial charge in [-0.25, -0.2) is 4.98 Å². The maximum absolute atomic E-state index is 9.23. The molecule has 0 radical (unpaired) electrons. The quantitative estimate of drug-likeness (QED) is 0.623. The molecule has 0 fully saturated rings. The predicted octanol–water partition coefficient (Wildman–Crippen LogP) is 3.70. The first-order valence-electron chi connectivity index (χ1n) is 7.40. The molecule has 0 atom stereocenters. The lowest BCUT2D eigenvalue weighted by molar-refractivity contribution is 0.281. The van der Waals surface area contributed by atoms with Gasteiger partial charge < -0.3 is 5.11 Å². The normalized spacial score (nSPS) is 11.2. The molecule has 4 nitrogen and oxygen atoms in total. The second kappa shape index (κ2) is 5.95. The monoisotopic (exact) mass is 321 g/mol. The summed E-state index contributed by atoms with van der Waals surface area (Å²) in [6.45, 7) is 0.686. The van der Waals surface area contributed by atoms with Crippen LogP contribution in [0.4, 0.5) is 0 Å². The predicted molar refractivity (Wildman–Crippen MR) is 92.3 cm³/mol. The fraction of sp³-hybridized carbons (Fsp3) is 0.111. The second-order valence-corrected chi connectivity index (χ2v) is 6.24. The van der Waals surface area contributed by atoms with E-state index in [-0.39, 0.29) is 6.61 Å². The van der Waals surface area contributed by atoms with E-state index in [1.165, 1.54) is 16.9 Å². The molecular weight excluding hydrogens is 306 g/mol. The number of hydrogen-bond donors (Lipinski definition) is 1. The highest BCUT2D eigenvalue weighted by Gasteiger charge is 2.14. The van der Waals surface area contributed by atoms with Crippen LogP contribution < -0.4 is 0 Å². The lowest BCUT2D eigenvalue weighted by atomic mass is 10.2. The standard InChI is InChI=1S/C18H15N3OS/c22-11-17-19-15(12-23-17)18-14-8-4-5-9-16(14)21(20-18)10-13-6-2-1-3-7-13/h1-9,12,22H,10-11H2. The van der Waals surface area contributed by atoms with E-state index in [4.69, 9.17) is 5.10 Å². The van der Waals surface area contributed by atoms with Crippen molar-refractivity contribution in [2.75, 3.05) is 0 Å². The number of benzene rings is 2. The Labute approximate surface area is 137 Å². The molecule has 4 aromatic rings. The average molecular weight is 321 g/mol. The highest BCUT2D eigenvalue weighted by Crippen LogP contribution is 2.29. The number of nitrogens with zero attached hydrogens (tertiary/aromatic N) is 3. The van der Waals surface area contributed by atoms with Crippen LogP contribution in [0.15, 0.2) is 60.0 Å². The topological polar surface area (TPSA) is 50.9 Å². The van der Waals surface area contributed by atoms with Gasteiger partial charge in [0, 0.05) is 10.8 Å². The molecule has 4 rings (SSSR count). The Balaban J connectivity index is 1.83. The van der Waals surface area contributed by atoms with Crippen LogP contribution in [0.2, 0.25) is 0 Å². The zero-order chi connectivity index (χ0) is 15.6. The largest absolute Gasteiger partial charge is 0.389 e. The first-order chi connectivity index (χ1) is 11.3. The molecule has 0 saturated heterocycles. The summed E-state index contributed by atoms with van der Waals surface area (Å²) in [6.07, 6.45) is 0. The number of aromatic nitrogens is 3. The minimum Gasteiger partial charge on any atom is -0.389 e. The van der Waals surface area contributed by atoms with Gasteiger partial charge in [0.15, 0.2) is 0 Å². The Kier molecular flexibility index (Phi) is 3.65. The van der Waals surface area contributed by atoms with E-state index in [0.717, 1.165) is 28.8 Å². The molecular formula is C18H15N3OS. The third-order valence-corrected chi connectivity index (χ3v) is 4.60. The molecule has 5 heteroatoms. The molecule has 2 aromatic heterocycles. The second-order valence-electron chi connectivity index (χ2n) is 5.29. The minimum absolute atomic E-state index is 0.0344. The average Bonchev–Trinajstić information content (AvgIpc) is 3.21. The summed E-state index contributed by atoms with van der Waals surface area (Å²) in [5.74, 6) is 0. The van der Waals surface area contributed by atoms with Crippen molar-refractivity contribution < 1.29 is 5.11 Å². The summed E-state index contributed by atoms with van der Waals surface area (Å²) in [6, 6.07) is 18.5. The van der Waals surface area contributed by atoms with Crippen molar-refractivity contribution in [1.29, 1.82) is 0 Å². The Morgan fingerprint density at radius 2 is 1.78 bits per heavy atom. The fourth-order valence-electron chi connectivity index (χ4n) is 2.69. The van der Waals surface area contributed by atoms with Crippen molar-refractivity contribution in [2.45, 2.75) is 13.2 Å². The minimum atomic E-state index is -0.0344. The van der Waals surface area contributed by atoms with Crippen LogP contribution in [0, 0.1) is 0 Å². The maximum Gasteiger partial charge on any atom is 0.119 e. The number of para-hydroxylation sites is 1. The van der Waals surface area contributed by atoms with E-state index in [1.807, 2.05) is 40.4 Å². The van der Waals surface area contributed by atoms with E-state index in [1.54, 1.807) is 0 Å². The van der Waals surface area contributed by atoms with E-state index in [9.17, 15) is 5.11 Å². The highest BCUT2D eigenvalue weighted by molar-refractivity contribution is 7.09. The number of rotatable bonds is 4. The van der Waals surface area contributed by atoms with Gasteiger partial charge in [0.25, 0.3) is 0 Å². The number of aliphatic hydroxyl groups excluding tert-OH is 1. The number of hydrogen-bond acceptors (Lipinski definition) is 4. The summed E-state index contributed by atoms with van der Waals surface area (Å²) in [5.41, 5.74) is 3.99. The van der Waals surface area contributed by atoms with Crippen molar-refractivity contribution in [3.8, 4) is 11.4 Å². The molecule has 0 amide bonds. The summed E-state index contributed by atoms with van der Waals surface area (Å²) in [5, 5.41) is 17.8. The smallest absolute Gasteiger partial charge is 0.119 e. The number of thiazole rings is 1. The third kappa shape index (κ3) is 2.65. The van der Waals surface area contributed by atoms with Gasteiger partial charge in [-0.15, -0.1) is 11.3 Å². The molecule has 0 spiro atoms. The van der Waals surface area contributed by atoms with Gasteiger partial charge >= 0.3 is 0 Å². The molecule has 23 heavy (non-hydrogen) atoms. The van der Waals surface area contributed by atoms with Crippen LogP contribution in [0.3, 0.4) is 0 Å². The molecule has 0 unspecified atom stereocenters. The molecule has 0 saturated carbocycles. The van der Waals surface area contributed by atoms with Gasteiger partial charge in [-0.1, -0.05) is 48.5 Å². The SMILES string of the molecule is OCc1nc(-c2nn(Cc3ccccc3)c3ccccc23)cs1. The van der Waals surface area contributed by atoms with Gasteiger partial charge in [-0.2, -0.15) is 5.10 Å². The third-order valence-electron chi connectivity index (χ3n) is 3.76. The molecule has 0 aliphatic rings. The van der Waals surface area contributed by atoms with Crippen molar-refractivity contribution in [2.24, 2.45) is 0 Å². The fourth-order valence-corrected chi connectivity index (χ4v) is 3.32. The Morgan fingerprint density at radius 1 is 1.00 bits per heavy atom. The zero-order valence-electron chi connectivity index (χ0n) is 12.4. The molecule has 0 bridgehead atoms. The van der Waals surface area contributed by atoms with Gasteiger partial charge in [0.2, 0.25) is 0 Å². The Morgan fingerprint density at radius 3 is 2.57 bits per heavy atom. The molecule has 2 heterocycles. The Hall–Kier alpha value is -2.50. The number of aliphatic hydroxyl groups is 1. The van der Waals surface area contributed by atoms with E-state index in [2.05, 4.69) is 29.2 Å². The number of fused-ring (bicyclic) bond motifs is 1. The van der Waals surface area contributed by atoms with Crippen molar-refractivity contribution >= 4 is 22.2 Å². The van der Waals surface area contributed by atoms with Gasteiger partial charge in [-0.3, -0.25) is 4.68 Å². The van der Waals surface area contributed by atoms with Crippen molar-refractivity contribution in [3.63, 3.8) is 0 Å². The molecule has 0 aliphatic heterocycles. The van der Waals surface area contributed by atoms with Crippen LogP contribution >= 0.6 is 11.3 Å². The lowest BCUT2D eigenvalue weighted by Gasteiger charge is -2.03. The van der Waals surface area contributed by atoms with Crippen molar-refractivity contribution in [1.82, 2.24) is 14.8 Å². The summed E-state index contributed by atoms with van der Waals surface area (Å²) < 4.78 is 2.01. The van der Waals surface area contributed by atoms with Crippen LogP contribution in [0.5, 0.6) is 0 Å². The van der Waals surface area contributed by atoms with Gasteiger partial charge in [0.1, 0.15) is 16.4 Å². The van der Waals surface area contributed by atoms with E-state index >= 15 is 0 Å². The maximum atomic E-state index is 9.23. The first-order valence-corrected chi connectivity index (χ1v) is 8.28. The molecule has 1 N–H and O–H groups in total. The molecule has 2 aromatic carbocycles. The summed E-state index contributed by atoms with van der Waals surface area (Å²) >= 11 is 1.46. The van der Waals surface area contributed by atoms with Gasteiger partial charge in [-0.05, 0) is 11.6 Å². The van der Waals surface area contributed by atoms with Crippen LogP contribution in [0.25, 0.3) is 22.3 Å². The van der Waals surface area contributed by atoms with Crippen molar-refractivity contribution in [3.05, 3.63) is 70.5 Å². The highest BCUT2D eigenvalue weighted by atomic mass is 32.1. The summed E-state index contributed by atoms with van der Waals surface area (Å²) in [4.78, 5) is 4.46. The molecule has 0 aliphatic carbocycles. The van der Waals surface area contributed by atoms with Gasteiger partial charge in [0.05, 0.1) is 18.7 Å². The summed E-state index contributed by atoms with van der Waals surface area (Å²) in [7, 11) is 0. The van der Waals surface area contributed by atoms with Crippen LogP contribution in [-0.2, 0) is 13.2 Å². The van der Waals surface area contributed by atoms with Crippen LogP contribution in [-0.4, -0.2) is 19.9 Å². The lowest BCUT2D eigenvalue weighted by Crippen LogP contribution is -2.01. The Bertz CT molecular complexity index is 943. The van der Waals surface area contributed by atoms with E-state index < -0.39 is 0 Å². The van der Waals surface area contributed by atoms with E-state index in [0.29, 0.717) is 5.01 Å².